The van der Waals surface area contributed by atoms with E-state index in [1.54, 1.807) is 12.1 Å². The van der Waals surface area contributed by atoms with Gasteiger partial charge in [-0.25, -0.2) is 9.59 Å². The summed E-state index contributed by atoms with van der Waals surface area (Å²) in [4.78, 5) is 44.2. The lowest BCUT2D eigenvalue weighted by molar-refractivity contribution is -0.385. The highest BCUT2D eigenvalue weighted by atomic mass is 16.6. The number of hydrogen-bond donors (Lipinski definition) is 0. The van der Waals surface area contributed by atoms with Crippen LogP contribution < -0.4 is 18.9 Å². The molecule has 0 aromatic heterocycles. The number of nitrogens with zero attached hydrogens (tertiary/aromatic N) is 2. The van der Waals surface area contributed by atoms with E-state index in [2.05, 4.69) is 0 Å². The quantitative estimate of drug-likeness (QED) is 0.187. The first-order valence-electron chi connectivity index (χ1n) is 9.57. The molecule has 0 N–H and O–H groups in total. The minimum Gasteiger partial charge on any atom is -0.478 e. The molecule has 34 heavy (non-hydrogen) atoms. The van der Waals surface area contributed by atoms with Gasteiger partial charge in [0.1, 0.15) is 11.5 Å². The number of non-ortho nitro benzene ring substituents is 2. The number of nitro groups is 2. The third-order valence-electron chi connectivity index (χ3n) is 4.10. The molecule has 0 radical (unpaired) electrons. The molecule has 0 spiro atoms. The van der Waals surface area contributed by atoms with Gasteiger partial charge in [-0.05, 0) is 36.4 Å². The minimum atomic E-state index is -0.763. The van der Waals surface area contributed by atoms with Crippen molar-refractivity contribution in [3.05, 3.63) is 93.0 Å². The van der Waals surface area contributed by atoms with E-state index < -0.39 is 35.0 Å². The van der Waals surface area contributed by atoms with Crippen LogP contribution in [-0.4, -0.2) is 35.0 Å². The molecule has 0 amide bonds. The van der Waals surface area contributed by atoms with Crippen LogP contribution in [0, 0.1) is 20.2 Å². The van der Waals surface area contributed by atoms with Gasteiger partial charge < -0.3 is 18.9 Å². The third-order valence-corrected chi connectivity index (χ3v) is 4.10. The molecule has 3 aromatic carbocycles. The van der Waals surface area contributed by atoms with E-state index in [-0.39, 0.29) is 34.4 Å². The van der Waals surface area contributed by atoms with Crippen LogP contribution in [0.2, 0.25) is 0 Å². The van der Waals surface area contributed by atoms with Crippen molar-refractivity contribution >= 4 is 23.3 Å². The third kappa shape index (κ3) is 6.75. The van der Waals surface area contributed by atoms with E-state index in [1.165, 1.54) is 60.7 Å². The molecule has 0 aliphatic carbocycles. The van der Waals surface area contributed by atoms with Crippen molar-refractivity contribution in [2.24, 2.45) is 0 Å². The number of para-hydroxylation sites is 2. The zero-order valence-electron chi connectivity index (χ0n) is 17.3. The molecule has 12 nitrogen and oxygen atoms in total. The first kappa shape index (κ1) is 23.7. The molecule has 0 heterocycles. The number of ether oxygens (including phenoxy) is 4. The number of benzene rings is 3. The lowest BCUT2D eigenvalue weighted by Crippen LogP contribution is -2.19. The minimum absolute atomic E-state index is 0.109. The summed E-state index contributed by atoms with van der Waals surface area (Å²) in [6.45, 7) is -0.991. The first-order valence-corrected chi connectivity index (χ1v) is 9.57. The lowest BCUT2D eigenvalue weighted by atomic mass is 10.3. The van der Waals surface area contributed by atoms with Gasteiger partial charge in [0.25, 0.3) is 11.4 Å². The highest BCUT2D eigenvalue weighted by Gasteiger charge is 2.13. The topological polar surface area (TPSA) is 157 Å². The molecule has 0 unspecified atom stereocenters. The average molecular weight is 468 g/mol. The number of carbonyl (C=O) groups is 2. The Morgan fingerprint density at radius 2 is 0.971 bits per heavy atom. The molecule has 174 valence electrons. The van der Waals surface area contributed by atoms with Gasteiger partial charge >= 0.3 is 11.9 Å². The Bertz CT molecular complexity index is 1100. The lowest BCUT2D eigenvalue weighted by Gasteiger charge is -2.12. The largest absolute Gasteiger partial charge is 0.478 e. The van der Waals surface area contributed by atoms with E-state index in [0.717, 1.165) is 0 Å². The maximum absolute atomic E-state index is 12.0. The summed E-state index contributed by atoms with van der Waals surface area (Å²) in [6, 6.07) is 16.2. The van der Waals surface area contributed by atoms with Crippen molar-refractivity contribution in [3.8, 4) is 23.0 Å². The number of nitro benzene ring substituents is 2. The number of carbonyl (C=O) groups excluding carboxylic acids is 2. The van der Waals surface area contributed by atoms with Gasteiger partial charge in [-0.2, -0.15) is 0 Å². The van der Waals surface area contributed by atoms with Crippen molar-refractivity contribution in [1.82, 2.24) is 0 Å². The van der Waals surface area contributed by atoms with Crippen LogP contribution >= 0.6 is 0 Å². The van der Waals surface area contributed by atoms with E-state index in [9.17, 15) is 29.8 Å². The molecule has 0 aliphatic heterocycles. The molecular formula is C22H16N2O10. The van der Waals surface area contributed by atoms with Crippen LogP contribution in [0.15, 0.2) is 72.8 Å². The van der Waals surface area contributed by atoms with Gasteiger partial charge in [0.2, 0.25) is 0 Å². The van der Waals surface area contributed by atoms with Crippen LogP contribution in [0.3, 0.4) is 0 Å². The van der Waals surface area contributed by atoms with Crippen molar-refractivity contribution < 1.29 is 38.4 Å². The normalized spacial score (nSPS) is 10.1. The van der Waals surface area contributed by atoms with Gasteiger partial charge in [0.15, 0.2) is 24.7 Å². The Morgan fingerprint density at radius 1 is 0.618 bits per heavy atom. The highest BCUT2D eigenvalue weighted by molar-refractivity contribution is 5.75. The molecule has 0 saturated carbocycles. The van der Waals surface area contributed by atoms with Crippen LogP contribution in [0.1, 0.15) is 0 Å². The van der Waals surface area contributed by atoms with Gasteiger partial charge in [-0.15, -0.1) is 0 Å². The van der Waals surface area contributed by atoms with Crippen molar-refractivity contribution in [2.75, 3.05) is 13.2 Å². The standard InChI is InChI=1S/C22H16N2O10/c25-21(33-17-9-5-15(6-10-17)23(27)28)13-31-19-3-1-2-4-20(19)32-14-22(26)34-18-11-7-16(8-12-18)24(29)30/h1-12H,13-14H2. The SMILES string of the molecule is O=C(COc1ccccc1OCC(=O)Oc1ccc([N+](=O)[O-])cc1)Oc1ccc([N+](=O)[O-])cc1. The Kier molecular flexibility index (Phi) is 7.68. The summed E-state index contributed by atoms with van der Waals surface area (Å²) < 4.78 is 20.9. The molecular weight excluding hydrogens is 452 g/mol. The average Bonchev–Trinajstić information content (AvgIpc) is 2.82. The highest BCUT2D eigenvalue weighted by Crippen LogP contribution is 2.27. The van der Waals surface area contributed by atoms with E-state index in [1.807, 2.05) is 0 Å². The summed E-state index contributed by atoms with van der Waals surface area (Å²) in [5.74, 6) is -0.990. The maximum atomic E-state index is 12.0. The van der Waals surface area contributed by atoms with Crippen molar-refractivity contribution in [1.29, 1.82) is 0 Å². The molecule has 12 heteroatoms. The fourth-order valence-corrected chi connectivity index (χ4v) is 2.56. The molecule has 0 aliphatic rings. The van der Waals surface area contributed by atoms with E-state index >= 15 is 0 Å². The predicted molar refractivity (Wildman–Crippen MR) is 115 cm³/mol. The summed E-state index contributed by atoms with van der Waals surface area (Å²) in [6.07, 6.45) is 0. The zero-order chi connectivity index (χ0) is 24.5. The van der Waals surface area contributed by atoms with Crippen molar-refractivity contribution in [2.45, 2.75) is 0 Å². The molecule has 3 rings (SSSR count). The second kappa shape index (κ2) is 11.0. The Hall–Kier alpha value is -5.00. The van der Waals surface area contributed by atoms with Crippen molar-refractivity contribution in [3.63, 3.8) is 0 Å². The fourth-order valence-electron chi connectivity index (χ4n) is 2.56. The predicted octanol–water partition coefficient (Wildman–Crippen LogP) is 3.47. The molecule has 0 atom stereocenters. The van der Waals surface area contributed by atoms with Gasteiger partial charge in [0.05, 0.1) is 9.85 Å². The van der Waals surface area contributed by atoms with E-state index in [4.69, 9.17) is 18.9 Å². The second-order valence-corrected chi connectivity index (χ2v) is 6.47. The maximum Gasteiger partial charge on any atom is 0.349 e. The Morgan fingerprint density at radius 3 is 1.29 bits per heavy atom. The van der Waals surface area contributed by atoms with E-state index in [0.29, 0.717) is 0 Å². The number of esters is 2. The number of rotatable bonds is 10. The van der Waals surface area contributed by atoms with Crippen LogP contribution in [0.5, 0.6) is 23.0 Å². The molecule has 3 aromatic rings. The van der Waals surface area contributed by atoms with Crippen LogP contribution in [0.25, 0.3) is 0 Å². The fraction of sp³-hybridized carbons (Fsp3) is 0.0909. The van der Waals surface area contributed by atoms with Gasteiger partial charge in [-0.1, -0.05) is 12.1 Å². The first-order chi connectivity index (χ1) is 16.3. The Labute approximate surface area is 191 Å². The molecule has 0 fully saturated rings. The number of hydrogen-bond acceptors (Lipinski definition) is 10. The van der Waals surface area contributed by atoms with Gasteiger partial charge in [-0.3, -0.25) is 20.2 Å². The molecule has 0 bridgehead atoms. The summed E-state index contributed by atoms with van der Waals surface area (Å²) in [5.41, 5.74) is -0.288. The zero-order valence-corrected chi connectivity index (χ0v) is 17.3. The van der Waals surface area contributed by atoms with Crippen LogP contribution in [0.4, 0.5) is 11.4 Å². The summed E-state index contributed by atoms with van der Waals surface area (Å²) >= 11 is 0. The molecule has 0 saturated heterocycles. The second-order valence-electron chi connectivity index (χ2n) is 6.47. The van der Waals surface area contributed by atoms with Crippen LogP contribution in [-0.2, 0) is 9.59 Å². The van der Waals surface area contributed by atoms with Gasteiger partial charge in [0, 0.05) is 24.3 Å². The Balaban J connectivity index is 1.50. The summed E-state index contributed by atoms with van der Waals surface area (Å²) in [7, 11) is 0. The summed E-state index contributed by atoms with van der Waals surface area (Å²) in [5, 5.41) is 21.3. The monoisotopic (exact) mass is 468 g/mol. The smallest absolute Gasteiger partial charge is 0.349 e.